The molecule has 1 heterocycles. The first-order valence-corrected chi connectivity index (χ1v) is 9.84. The SMILES string of the molecule is CNCC(CC1CCCc2c1ccc(O)c2I)c1cccs1.Cl. The van der Waals surface area contributed by atoms with Crippen LogP contribution < -0.4 is 5.32 Å². The summed E-state index contributed by atoms with van der Waals surface area (Å²) in [6.07, 6.45) is 4.79. The maximum atomic E-state index is 9.96. The fraction of sp³-hybridized carbons (Fsp3) is 0.444. The zero-order chi connectivity index (χ0) is 15.5. The molecule has 2 unspecified atom stereocenters. The highest BCUT2D eigenvalue weighted by Crippen LogP contribution is 2.42. The Bertz CT molecular complexity index is 632. The van der Waals surface area contributed by atoms with Crippen molar-refractivity contribution in [1.29, 1.82) is 0 Å². The maximum Gasteiger partial charge on any atom is 0.129 e. The number of phenols is 1. The number of phenolic OH excluding ortho intramolecular Hbond substituents is 1. The van der Waals surface area contributed by atoms with Crippen LogP contribution in [0.3, 0.4) is 0 Å². The Labute approximate surface area is 162 Å². The Morgan fingerprint density at radius 1 is 1.39 bits per heavy atom. The highest BCUT2D eigenvalue weighted by Gasteiger charge is 2.26. The van der Waals surface area contributed by atoms with Crippen LogP contribution in [0.2, 0.25) is 0 Å². The van der Waals surface area contributed by atoms with Crippen molar-refractivity contribution in [3.05, 3.63) is 49.2 Å². The Morgan fingerprint density at radius 3 is 2.91 bits per heavy atom. The van der Waals surface area contributed by atoms with Gasteiger partial charge in [-0.2, -0.15) is 0 Å². The van der Waals surface area contributed by atoms with E-state index in [1.54, 1.807) is 0 Å². The van der Waals surface area contributed by atoms with Gasteiger partial charge in [-0.05, 0) is 89.9 Å². The van der Waals surface area contributed by atoms with Crippen LogP contribution in [0, 0.1) is 3.57 Å². The van der Waals surface area contributed by atoms with E-state index in [0.717, 1.165) is 16.5 Å². The number of halogens is 2. The number of rotatable bonds is 5. The van der Waals surface area contributed by atoms with Gasteiger partial charge >= 0.3 is 0 Å². The molecular formula is C18H23ClINOS. The van der Waals surface area contributed by atoms with Crippen molar-refractivity contribution >= 4 is 46.3 Å². The van der Waals surface area contributed by atoms with Crippen molar-refractivity contribution in [3.63, 3.8) is 0 Å². The lowest BCUT2D eigenvalue weighted by atomic mass is 9.78. The van der Waals surface area contributed by atoms with Gasteiger partial charge in [0.05, 0.1) is 3.57 Å². The molecule has 0 fully saturated rings. The molecule has 2 nitrogen and oxygen atoms in total. The number of likely N-dealkylation sites (N-methyl/N-ethyl adjacent to an activating group) is 1. The van der Waals surface area contributed by atoms with Gasteiger partial charge in [0.1, 0.15) is 5.75 Å². The van der Waals surface area contributed by atoms with Gasteiger partial charge in [0.2, 0.25) is 0 Å². The van der Waals surface area contributed by atoms with Gasteiger partial charge in [0.15, 0.2) is 0 Å². The molecule has 1 aliphatic carbocycles. The molecule has 2 aromatic rings. The molecule has 0 saturated heterocycles. The zero-order valence-electron chi connectivity index (χ0n) is 13.2. The van der Waals surface area contributed by atoms with Crippen LogP contribution in [0.5, 0.6) is 5.75 Å². The lowest BCUT2D eigenvalue weighted by molar-refractivity contribution is 0.451. The molecule has 2 atom stereocenters. The fourth-order valence-corrected chi connectivity index (χ4v) is 5.20. The third-order valence-electron chi connectivity index (χ3n) is 4.64. The van der Waals surface area contributed by atoms with E-state index in [9.17, 15) is 5.11 Å². The zero-order valence-corrected chi connectivity index (χ0v) is 17.0. The molecule has 0 radical (unpaired) electrons. The second kappa shape index (κ2) is 8.70. The average molecular weight is 464 g/mol. The number of hydrogen-bond donors (Lipinski definition) is 2. The topological polar surface area (TPSA) is 32.3 Å². The van der Waals surface area contributed by atoms with E-state index in [0.29, 0.717) is 17.6 Å². The molecule has 0 amide bonds. The van der Waals surface area contributed by atoms with Crippen molar-refractivity contribution in [2.75, 3.05) is 13.6 Å². The largest absolute Gasteiger partial charge is 0.507 e. The van der Waals surface area contributed by atoms with E-state index in [4.69, 9.17) is 0 Å². The van der Waals surface area contributed by atoms with E-state index in [-0.39, 0.29) is 12.4 Å². The first-order chi connectivity index (χ1) is 10.7. The highest BCUT2D eigenvalue weighted by atomic mass is 127. The maximum absolute atomic E-state index is 9.96. The Balaban J connectivity index is 0.00000192. The van der Waals surface area contributed by atoms with Gasteiger partial charge in [-0.25, -0.2) is 0 Å². The van der Waals surface area contributed by atoms with Crippen LogP contribution in [0.15, 0.2) is 29.6 Å². The smallest absolute Gasteiger partial charge is 0.129 e. The van der Waals surface area contributed by atoms with Crippen molar-refractivity contribution < 1.29 is 5.11 Å². The normalized spacial score (nSPS) is 18.1. The molecule has 5 heteroatoms. The van der Waals surface area contributed by atoms with Crippen LogP contribution in [0.4, 0.5) is 0 Å². The molecule has 2 N–H and O–H groups in total. The quantitative estimate of drug-likeness (QED) is 0.590. The Morgan fingerprint density at radius 2 is 2.22 bits per heavy atom. The summed E-state index contributed by atoms with van der Waals surface area (Å²) in [4.78, 5) is 1.48. The molecular weight excluding hydrogens is 441 g/mol. The van der Waals surface area contributed by atoms with Gasteiger partial charge in [-0.3, -0.25) is 0 Å². The van der Waals surface area contributed by atoms with Crippen molar-refractivity contribution in [2.24, 2.45) is 0 Å². The van der Waals surface area contributed by atoms with E-state index in [2.05, 4.69) is 51.5 Å². The summed E-state index contributed by atoms with van der Waals surface area (Å²) in [5.74, 6) is 1.62. The summed E-state index contributed by atoms with van der Waals surface area (Å²) in [7, 11) is 2.04. The molecule has 0 spiro atoms. The van der Waals surface area contributed by atoms with E-state index >= 15 is 0 Å². The third kappa shape index (κ3) is 4.21. The molecule has 126 valence electrons. The molecule has 0 bridgehead atoms. The Hall–Kier alpha value is -0.300. The second-order valence-corrected chi connectivity index (χ2v) is 8.12. The number of benzene rings is 1. The van der Waals surface area contributed by atoms with E-state index < -0.39 is 0 Å². The number of aromatic hydroxyl groups is 1. The second-order valence-electron chi connectivity index (χ2n) is 6.06. The number of hydrogen-bond acceptors (Lipinski definition) is 3. The van der Waals surface area contributed by atoms with Crippen LogP contribution in [-0.2, 0) is 6.42 Å². The molecule has 23 heavy (non-hydrogen) atoms. The van der Waals surface area contributed by atoms with Gasteiger partial charge in [-0.15, -0.1) is 23.7 Å². The number of thiophene rings is 1. The third-order valence-corrected chi connectivity index (χ3v) is 6.88. The summed E-state index contributed by atoms with van der Waals surface area (Å²) >= 11 is 4.16. The summed E-state index contributed by atoms with van der Waals surface area (Å²) in [6, 6.07) is 8.44. The van der Waals surface area contributed by atoms with Gasteiger partial charge in [-0.1, -0.05) is 12.1 Å². The van der Waals surface area contributed by atoms with E-state index in [1.165, 1.54) is 35.3 Å². The lowest BCUT2D eigenvalue weighted by Crippen LogP contribution is -2.21. The minimum absolute atomic E-state index is 0. The predicted molar refractivity (Wildman–Crippen MR) is 109 cm³/mol. The van der Waals surface area contributed by atoms with Crippen LogP contribution in [0.25, 0.3) is 0 Å². The van der Waals surface area contributed by atoms with Gasteiger partial charge in [0.25, 0.3) is 0 Å². The van der Waals surface area contributed by atoms with Gasteiger partial charge < -0.3 is 10.4 Å². The van der Waals surface area contributed by atoms with Gasteiger partial charge in [0, 0.05) is 17.3 Å². The predicted octanol–water partition coefficient (Wildman–Crippen LogP) is 5.29. The first-order valence-electron chi connectivity index (χ1n) is 7.89. The molecule has 0 saturated carbocycles. The molecule has 1 aliphatic rings. The summed E-state index contributed by atoms with van der Waals surface area (Å²) in [5.41, 5.74) is 2.84. The molecule has 1 aromatic carbocycles. The number of fused-ring (bicyclic) bond motifs is 1. The minimum atomic E-state index is 0. The molecule has 3 rings (SSSR count). The Kier molecular flexibility index (Phi) is 7.19. The van der Waals surface area contributed by atoms with Crippen LogP contribution in [0.1, 0.15) is 47.1 Å². The van der Waals surface area contributed by atoms with Crippen molar-refractivity contribution in [3.8, 4) is 5.75 Å². The van der Waals surface area contributed by atoms with E-state index in [1.807, 2.05) is 24.5 Å². The standard InChI is InChI=1S/C18H22INOS.ClH/c1-20-11-13(17-6-3-9-22-17)10-12-4-2-5-15-14(12)7-8-16(21)18(15)19;/h3,6-9,12-13,20-21H,2,4-5,10-11H2,1H3;1H. The first kappa shape index (κ1) is 19.0. The highest BCUT2D eigenvalue weighted by molar-refractivity contribution is 14.1. The lowest BCUT2D eigenvalue weighted by Gasteiger charge is -2.29. The molecule has 0 aliphatic heterocycles. The molecule has 1 aromatic heterocycles. The summed E-state index contributed by atoms with van der Waals surface area (Å²) < 4.78 is 1.06. The summed E-state index contributed by atoms with van der Waals surface area (Å²) in [6.45, 7) is 1.03. The fourth-order valence-electron chi connectivity index (χ4n) is 3.60. The number of nitrogens with one attached hydrogen (secondary N) is 1. The van der Waals surface area contributed by atoms with Crippen molar-refractivity contribution in [2.45, 2.75) is 37.5 Å². The minimum Gasteiger partial charge on any atom is -0.507 e. The van der Waals surface area contributed by atoms with Crippen LogP contribution in [-0.4, -0.2) is 18.7 Å². The monoisotopic (exact) mass is 463 g/mol. The average Bonchev–Trinajstić information content (AvgIpc) is 3.05. The summed E-state index contributed by atoms with van der Waals surface area (Å²) in [5, 5.41) is 15.5. The van der Waals surface area contributed by atoms with Crippen LogP contribution >= 0.6 is 46.3 Å². The van der Waals surface area contributed by atoms with Crippen molar-refractivity contribution in [1.82, 2.24) is 5.32 Å².